The van der Waals surface area contributed by atoms with Crippen LogP contribution in [0, 0.1) is 0 Å². The lowest BCUT2D eigenvalue weighted by Crippen LogP contribution is -2.23. The van der Waals surface area contributed by atoms with E-state index in [-0.39, 0.29) is 6.10 Å². The van der Waals surface area contributed by atoms with Gasteiger partial charge in [0.1, 0.15) is 0 Å². The van der Waals surface area contributed by atoms with Crippen LogP contribution in [-0.2, 0) is 0 Å². The molecule has 2 atom stereocenters. The number of hydrogen-bond acceptors (Lipinski definition) is 1. The maximum Gasteiger partial charge on any atom is 0.0657 e. The summed E-state index contributed by atoms with van der Waals surface area (Å²) in [6.45, 7) is 0. The molecule has 2 unspecified atom stereocenters. The predicted molar refractivity (Wildman–Crippen MR) is 42.3 cm³/mol. The van der Waals surface area contributed by atoms with E-state index in [1.54, 1.807) is 0 Å². The zero-order valence-electron chi connectivity index (χ0n) is 4.81. The van der Waals surface area contributed by atoms with E-state index in [1.165, 1.54) is 19.3 Å². The quantitative estimate of drug-likeness (QED) is 0.492. The average molecular weight is 226 g/mol. The zero-order valence-corrected chi connectivity index (χ0v) is 6.97. The van der Waals surface area contributed by atoms with Gasteiger partial charge in [-0.2, -0.15) is 0 Å². The maximum absolute atomic E-state index is 9.17. The Hall–Kier alpha value is 0.690. The summed E-state index contributed by atoms with van der Waals surface area (Å²) in [7, 11) is 0. The number of aliphatic hydroxyl groups excluding tert-OH is 1. The molecule has 0 bridgehead atoms. The Morgan fingerprint density at radius 2 is 1.88 bits per heavy atom. The van der Waals surface area contributed by atoms with Gasteiger partial charge in [0.25, 0.3) is 0 Å². The molecule has 0 aliphatic heterocycles. The van der Waals surface area contributed by atoms with Crippen LogP contribution in [0.25, 0.3) is 0 Å². The van der Waals surface area contributed by atoms with Gasteiger partial charge in [-0.05, 0) is 12.8 Å². The van der Waals surface area contributed by atoms with Crippen molar-refractivity contribution < 1.29 is 5.11 Å². The van der Waals surface area contributed by atoms with E-state index in [0.717, 1.165) is 6.42 Å². The number of rotatable bonds is 0. The van der Waals surface area contributed by atoms with Crippen LogP contribution < -0.4 is 0 Å². The second kappa shape index (κ2) is 3.01. The first-order chi connectivity index (χ1) is 3.80. The van der Waals surface area contributed by atoms with Gasteiger partial charge in [-0.15, -0.1) is 0 Å². The first-order valence-corrected chi connectivity index (χ1v) is 4.37. The monoisotopic (exact) mass is 226 g/mol. The van der Waals surface area contributed by atoms with Crippen LogP contribution in [-0.4, -0.2) is 15.1 Å². The highest BCUT2D eigenvalue weighted by Crippen LogP contribution is 2.24. The molecule has 1 aliphatic carbocycles. The van der Waals surface area contributed by atoms with Crippen LogP contribution in [0.2, 0.25) is 0 Å². The molecule has 0 aromatic carbocycles. The van der Waals surface area contributed by atoms with Crippen molar-refractivity contribution in [1.29, 1.82) is 0 Å². The number of halogens is 1. The molecule has 0 aromatic rings. The van der Waals surface area contributed by atoms with Gasteiger partial charge in [-0.3, -0.25) is 0 Å². The summed E-state index contributed by atoms with van der Waals surface area (Å²) >= 11 is 2.33. The fourth-order valence-electron chi connectivity index (χ4n) is 1.07. The molecule has 1 N–H and O–H groups in total. The summed E-state index contributed by atoms with van der Waals surface area (Å²) < 4.78 is 0.529. The van der Waals surface area contributed by atoms with Gasteiger partial charge in [-0.1, -0.05) is 35.4 Å². The molecule has 48 valence electrons. The molecule has 2 heteroatoms. The first kappa shape index (κ1) is 6.81. The Labute approximate surface area is 63.6 Å². The van der Waals surface area contributed by atoms with Gasteiger partial charge in [0, 0.05) is 3.92 Å². The van der Waals surface area contributed by atoms with E-state index in [9.17, 15) is 5.11 Å². The van der Waals surface area contributed by atoms with Crippen molar-refractivity contribution in [2.24, 2.45) is 0 Å². The molecule has 1 rings (SSSR count). The van der Waals surface area contributed by atoms with Crippen LogP contribution in [0.15, 0.2) is 0 Å². The molecule has 0 heterocycles. The summed E-state index contributed by atoms with van der Waals surface area (Å²) in [6.07, 6.45) is 4.75. The molecule has 1 fully saturated rings. The molecule has 0 saturated heterocycles. The molecule has 0 amide bonds. The third-order valence-corrected chi connectivity index (χ3v) is 3.10. The minimum absolute atomic E-state index is 0.00986. The van der Waals surface area contributed by atoms with Crippen molar-refractivity contribution in [1.82, 2.24) is 0 Å². The van der Waals surface area contributed by atoms with Crippen molar-refractivity contribution in [2.75, 3.05) is 0 Å². The molecule has 1 aliphatic rings. The first-order valence-electron chi connectivity index (χ1n) is 3.13. The number of aliphatic hydroxyl groups is 1. The fraction of sp³-hybridized carbons (Fsp3) is 1.00. The van der Waals surface area contributed by atoms with E-state index >= 15 is 0 Å². The Balaban J connectivity index is 2.28. The molecule has 0 spiro atoms. The maximum atomic E-state index is 9.17. The third kappa shape index (κ3) is 1.58. The molecule has 0 aromatic heterocycles. The molecule has 1 saturated carbocycles. The van der Waals surface area contributed by atoms with Crippen molar-refractivity contribution in [3.05, 3.63) is 0 Å². The Bertz CT molecular complexity index is 64.9. The fourth-order valence-corrected chi connectivity index (χ4v) is 1.87. The van der Waals surface area contributed by atoms with Gasteiger partial charge >= 0.3 is 0 Å². The highest BCUT2D eigenvalue weighted by molar-refractivity contribution is 14.1. The van der Waals surface area contributed by atoms with Gasteiger partial charge in [-0.25, -0.2) is 0 Å². The minimum Gasteiger partial charge on any atom is -0.392 e. The second-order valence-electron chi connectivity index (χ2n) is 2.37. The van der Waals surface area contributed by atoms with E-state index in [2.05, 4.69) is 22.6 Å². The smallest absolute Gasteiger partial charge is 0.0657 e. The van der Waals surface area contributed by atoms with Crippen LogP contribution in [0.3, 0.4) is 0 Å². The normalized spacial score (nSPS) is 39.8. The summed E-state index contributed by atoms with van der Waals surface area (Å²) in [4.78, 5) is 0. The standard InChI is InChI=1S/C6H11IO/c7-5-3-1-2-4-6(5)8/h5-6,8H,1-4H2. The second-order valence-corrected chi connectivity index (χ2v) is 3.97. The van der Waals surface area contributed by atoms with E-state index in [1.807, 2.05) is 0 Å². The molecular formula is C6H11IO. The number of hydrogen-bond donors (Lipinski definition) is 1. The van der Waals surface area contributed by atoms with Crippen molar-refractivity contribution >= 4 is 22.6 Å². The zero-order chi connectivity index (χ0) is 5.98. The van der Waals surface area contributed by atoms with Gasteiger partial charge in [0.2, 0.25) is 0 Å². The van der Waals surface area contributed by atoms with Crippen LogP contribution >= 0.6 is 22.6 Å². The highest BCUT2D eigenvalue weighted by atomic mass is 127. The third-order valence-electron chi connectivity index (χ3n) is 1.65. The molecule has 0 radical (unpaired) electrons. The molecule has 8 heavy (non-hydrogen) atoms. The van der Waals surface area contributed by atoms with Crippen LogP contribution in [0.4, 0.5) is 0 Å². The van der Waals surface area contributed by atoms with Gasteiger partial charge in [0.05, 0.1) is 6.10 Å². The topological polar surface area (TPSA) is 20.2 Å². The lowest BCUT2D eigenvalue weighted by Gasteiger charge is -2.21. The highest BCUT2D eigenvalue weighted by Gasteiger charge is 2.18. The van der Waals surface area contributed by atoms with E-state index < -0.39 is 0 Å². The average Bonchev–Trinajstić information content (AvgIpc) is 1.77. The Kier molecular flexibility index (Phi) is 2.56. The van der Waals surface area contributed by atoms with Gasteiger partial charge < -0.3 is 5.11 Å². The van der Waals surface area contributed by atoms with Gasteiger partial charge in [0.15, 0.2) is 0 Å². The van der Waals surface area contributed by atoms with E-state index in [4.69, 9.17) is 0 Å². The predicted octanol–water partition coefficient (Wildman–Crippen LogP) is 1.72. The molecular weight excluding hydrogens is 215 g/mol. The summed E-state index contributed by atoms with van der Waals surface area (Å²) in [5.74, 6) is 0. The molecule has 1 nitrogen and oxygen atoms in total. The lowest BCUT2D eigenvalue weighted by molar-refractivity contribution is 0.142. The Morgan fingerprint density at radius 3 is 2.25 bits per heavy atom. The van der Waals surface area contributed by atoms with Crippen molar-refractivity contribution in [3.63, 3.8) is 0 Å². The largest absolute Gasteiger partial charge is 0.392 e. The lowest BCUT2D eigenvalue weighted by atomic mass is 9.98. The Morgan fingerprint density at radius 1 is 1.25 bits per heavy atom. The van der Waals surface area contributed by atoms with E-state index in [0.29, 0.717) is 3.92 Å². The van der Waals surface area contributed by atoms with Crippen molar-refractivity contribution in [3.8, 4) is 0 Å². The van der Waals surface area contributed by atoms with Crippen molar-refractivity contribution in [2.45, 2.75) is 35.7 Å². The minimum atomic E-state index is -0.00986. The number of alkyl halides is 1. The summed E-state index contributed by atoms with van der Waals surface area (Å²) in [5, 5.41) is 9.17. The summed E-state index contributed by atoms with van der Waals surface area (Å²) in [6, 6.07) is 0. The summed E-state index contributed by atoms with van der Waals surface area (Å²) in [5.41, 5.74) is 0. The van der Waals surface area contributed by atoms with Crippen LogP contribution in [0.5, 0.6) is 0 Å². The SMILES string of the molecule is OC1CCCCC1I. The van der Waals surface area contributed by atoms with Crippen LogP contribution in [0.1, 0.15) is 25.7 Å².